The third kappa shape index (κ3) is 1.86. The Labute approximate surface area is 80.9 Å². The van der Waals surface area contributed by atoms with Gasteiger partial charge in [-0.3, -0.25) is 0 Å². The van der Waals surface area contributed by atoms with Crippen LogP contribution in [0.5, 0.6) is 5.75 Å². The Morgan fingerprint density at radius 2 is 1.82 bits per heavy atom. The first-order valence-corrected chi connectivity index (χ1v) is 4.53. The summed E-state index contributed by atoms with van der Waals surface area (Å²) in [6.45, 7) is 4.14. The van der Waals surface area contributed by atoms with Crippen LogP contribution in [0.25, 0.3) is 0 Å². The molecule has 11 heavy (non-hydrogen) atoms. The van der Waals surface area contributed by atoms with E-state index in [4.69, 9.17) is 4.74 Å². The topological polar surface area (TPSA) is 9.23 Å². The van der Waals surface area contributed by atoms with Crippen molar-refractivity contribution in [3.8, 4) is 5.75 Å². The predicted octanol–water partition coefficient (Wildman–Crippen LogP) is 2.92. The normalized spacial score (nSPS) is 9.82. The number of benzene rings is 1. The van der Waals surface area contributed by atoms with Crippen LogP contribution in [-0.2, 0) is 0 Å². The van der Waals surface area contributed by atoms with E-state index in [-0.39, 0.29) is 0 Å². The van der Waals surface area contributed by atoms with Gasteiger partial charge in [0.2, 0.25) is 0 Å². The number of hydrogen-bond donors (Lipinski definition) is 0. The summed E-state index contributed by atoms with van der Waals surface area (Å²) >= 11 is 2.33. The SMILES string of the molecule is COc1cc(C)c(I)cc1C. The number of ether oxygens (including phenoxy) is 1. The quantitative estimate of drug-likeness (QED) is 0.707. The van der Waals surface area contributed by atoms with Gasteiger partial charge in [0, 0.05) is 3.57 Å². The minimum absolute atomic E-state index is 0.975. The molecule has 0 aliphatic carbocycles. The fraction of sp³-hybridized carbons (Fsp3) is 0.333. The van der Waals surface area contributed by atoms with Crippen LogP contribution in [-0.4, -0.2) is 7.11 Å². The van der Waals surface area contributed by atoms with E-state index in [1.54, 1.807) is 7.11 Å². The highest BCUT2D eigenvalue weighted by Crippen LogP contribution is 2.23. The molecule has 0 N–H and O–H groups in total. The van der Waals surface area contributed by atoms with Crippen molar-refractivity contribution >= 4 is 22.6 Å². The maximum Gasteiger partial charge on any atom is 0.122 e. The highest BCUT2D eigenvalue weighted by atomic mass is 127. The summed E-state index contributed by atoms with van der Waals surface area (Å²) in [5.41, 5.74) is 2.47. The third-order valence-corrected chi connectivity index (χ3v) is 2.84. The molecule has 0 spiro atoms. The van der Waals surface area contributed by atoms with Gasteiger partial charge in [-0.1, -0.05) is 0 Å². The summed E-state index contributed by atoms with van der Waals surface area (Å²) in [6.07, 6.45) is 0. The Morgan fingerprint density at radius 3 is 2.36 bits per heavy atom. The van der Waals surface area contributed by atoms with Crippen LogP contribution in [0, 0.1) is 17.4 Å². The fourth-order valence-corrected chi connectivity index (χ4v) is 1.60. The van der Waals surface area contributed by atoms with E-state index in [0.29, 0.717) is 0 Å². The molecule has 1 aromatic carbocycles. The Morgan fingerprint density at radius 1 is 1.18 bits per heavy atom. The number of rotatable bonds is 1. The van der Waals surface area contributed by atoms with Gasteiger partial charge in [0.25, 0.3) is 0 Å². The number of halogens is 1. The Balaban J connectivity index is 3.21. The van der Waals surface area contributed by atoms with Crippen molar-refractivity contribution in [2.24, 2.45) is 0 Å². The number of hydrogen-bond acceptors (Lipinski definition) is 1. The van der Waals surface area contributed by atoms with Crippen molar-refractivity contribution in [2.75, 3.05) is 7.11 Å². The molecule has 0 saturated carbocycles. The van der Waals surface area contributed by atoms with Crippen molar-refractivity contribution in [2.45, 2.75) is 13.8 Å². The first kappa shape index (κ1) is 8.84. The maximum absolute atomic E-state index is 5.18. The minimum Gasteiger partial charge on any atom is -0.496 e. The molecule has 0 unspecified atom stereocenters. The molecule has 0 bridgehead atoms. The fourth-order valence-electron chi connectivity index (χ4n) is 0.974. The summed E-state index contributed by atoms with van der Waals surface area (Å²) in [4.78, 5) is 0. The molecule has 0 heterocycles. The average Bonchev–Trinajstić information content (AvgIpc) is 1.97. The van der Waals surface area contributed by atoms with Crippen LogP contribution in [0.15, 0.2) is 12.1 Å². The highest BCUT2D eigenvalue weighted by Gasteiger charge is 2.00. The molecule has 0 aromatic heterocycles. The van der Waals surface area contributed by atoms with Crippen LogP contribution < -0.4 is 4.74 Å². The van der Waals surface area contributed by atoms with E-state index in [1.807, 2.05) is 0 Å². The van der Waals surface area contributed by atoms with Gasteiger partial charge >= 0.3 is 0 Å². The van der Waals surface area contributed by atoms with Crippen LogP contribution >= 0.6 is 22.6 Å². The zero-order valence-corrected chi connectivity index (χ0v) is 9.10. The molecular weight excluding hydrogens is 251 g/mol. The lowest BCUT2D eigenvalue weighted by atomic mass is 10.1. The Hall–Kier alpha value is -0.250. The second-order valence-electron chi connectivity index (χ2n) is 2.57. The molecular formula is C9H11IO. The molecule has 0 fully saturated rings. The molecule has 0 radical (unpaired) electrons. The molecule has 1 rings (SSSR count). The van der Waals surface area contributed by atoms with E-state index in [2.05, 4.69) is 48.6 Å². The van der Waals surface area contributed by atoms with Crippen molar-refractivity contribution in [3.63, 3.8) is 0 Å². The van der Waals surface area contributed by atoms with E-state index < -0.39 is 0 Å². The first-order chi connectivity index (χ1) is 5.15. The molecule has 0 amide bonds. The van der Waals surface area contributed by atoms with E-state index in [0.717, 1.165) is 5.75 Å². The van der Waals surface area contributed by atoms with Crippen LogP contribution in [0.1, 0.15) is 11.1 Å². The van der Waals surface area contributed by atoms with Crippen LogP contribution in [0.4, 0.5) is 0 Å². The largest absolute Gasteiger partial charge is 0.496 e. The molecule has 1 aromatic rings. The van der Waals surface area contributed by atoms with Crippen LogP contribution in [0.3, 0.4) is 0 Å². The lowest BCUT2D eigenvalue weighted by Crippen LogP contribution is -1.89. The minimum atomic E-state index is 0.975. The van der Waals surface area contributed by atoms with Gasteiger partial charge < -0.3 is 4.74 Å². The lowest BCUT2D eigenvalue weighted by Gasteiger charge is -2.06. The zero-order valence-electron chi connectivity index (χ0n) is 6.94. The Bertz CT molecular complexity index is 269. The standard InChI is InChI=1S/C9H11IO/c1-6-5-9(11-3)7(2)4-8(6)10/h4-5H,1-3H3. The first-order valence-electron chi connectivity index (χ1n) is 3.46. The molecule has 0 atom stereocenters. The van der Waals surface area contributed by atoms with E-state index in [1.165, 1.54) is 14.7 Å². The van der Waals surface area contributed by atoms with Crippen molar-refractivity contribution in [1.29, 1.82) is 0 Å². The summed E-state index contributed by atoms with van der Waals surface area (Å²) < 4.78 is 6.47. The second-order valence-corrected chi connectivity index (χ2v) is 3.73. The van der Waals surface area contributed by atoms with Crippen LogP contribution in [0.2, 0.25) is 0 Å². The number of methoxy groups -OCH3 is 1. The summed E-state index contributed by atoms with van der Waals surface area (Å²) in [5.74, 6) is 0.975. The smallest absolute Gasteiger partial charge is 0.122 e. The van der Waals surface area contributed by atoms with E-state index >= 15 is 0 Å². The maximum atomic E-state index is 5.18. The lowest BCUT2D eigenvalue weighted by molar-refractivity contribution is 0.411. The van der Waals surface area contributed by atoms with Gasteiger partial charge in [0.15, 0.2) is 0 Å². The highest BCUT2D eigenvalue weighted by molar-refractivity contribution is 14.1. The average molecular weight is 262 g/mol. The number of aryl methyl sites for hydroxylation is 2. The molecule has 0 saturated heterocycles. The zero-order chi connectivity index (χ0) is 8.43. The monoisotopic (exact) mass is 262 g/mol. The van der Waals surface area contributed by atoms with Gasteiger partial charge in [0.1, 0.15) is 5.75 Å². The van der Waals surface area contributed by atoms with Gasteiger partial charge in [-0.05, 0) is 59.7 Å². The van der Waals surface area contributed by atoms with Gasteiger partial charge in [-0.25, -0.2) is 0 Å². The summed E-state index contributed by atoms with van der Waals surface area (Å²) in [7, 11) is 1.70. The molecule has 2 heteroatoms. The van der Waals surface area contributed by atoms with Gasteiger partial charge in [-0.2, -0.15) is 0 Å². The Kier molecular flexibility index (Phi) is 2.76. The second kappa shape index (κ2) is 3.43. The summed E-state index contributed by atoms with van der Waals surface area (Å²) in [6, 6.07) is 4.20. The third-order valence-electron chi connectivity index (χ3n) is 1.68. The van der Waals surface area contributed by atoms with Crippen molar-refractivity contribution < 1.29 is 4.74 Å². The van der Waals surface area contributed by atoms with Gasteiger partial charge in [0.05, 0.1) is 7.11 Å². The molecule has 60 valence electrons. The molecule has 1 nitrogen and oxygen atoms in total. The van der Waals surface area contributed by atoms with E-state index in [9.17, 15) is 0 Å². The predicted molar refractivity (Wildman–Crippen MR) is 55.2 cm³/mol. The van der Waals surface area contributed by atoms with Gasteiger partial charge in [-0.15, -0.1) is 0 Å². The summed E-state index contributed by atoms with van der Waals surface area (Å²) in [5, 5.41) is 0. The molecule has 0 aliphatic heterocycles. The molecule has 0 aliphatic rings. The van der Waals surface area contributed by atoms with Crippen molar-refractivity contribution in [1.82, 2.24) is 0 Å². The van der Waals surface area contributed by atoms with Crippen molar-refractivity contribution in [3.05, 3.63) is 26.8 Å².